The predicted molar refractivity (Wildman–Crippen MR) is 84.5 cm³/mol. The zero-order chi connectivity index (χ0) is 15.9. The van der Waals surface area contributed by atoms with Gasteiger partial charge in [-0.1, -0.05) is 58.0 Å². The van der Waals surface area contributed by atoms with Crippen LogP contribution < -0.4 is 5.56 Å². The summed E-state index contributed by atoms with van der Waals surface area (Å²) in [7, 11) is 0. The highest BCUT2D eigenvalue weighted by Crippen LogP contribution is 2.47. The van der Waals surface area contributed by atoms with E-state index in [0.717, 1.165) is 6.07 Å². The van der Waals surface area contributed by atoms with Crippen LogP contribution in [0.4, 0.5) is 0 Å². The van der Waals surface area contributed by atoms with Crippen LogP contribution in [0.5, 0.6) is 0 Å². The summed E-state index contributed by atoms with van der Waals surface area (Å²) in [4.78, 5) is 24.7. The minimum Gasteiger partial charge on any atom is -0.477 e. The molecule has 0 fully saturated rings. The van der Waals surface area contributed by atoms with Crippen LogP contribution in [0, 0.1) is 0 Å². The van der Waals surface area contributed by atoms with E-state index in [1.807, 2.05) is 0 Å². The molecule has 0 aliphatic carbocycles. The Morgan fingerprint density at radius 3 is 1.90 bits per heavy atom. The zero-order valence-electron chi connectivity index (χ0n) is 9.81. The van der Waals surface area contributed by atoms with Gasteiger partial charge in [-0.15, -0.1) is 0 Å². The molecule has 0 unspecified atom stereocenters. The predicted octanol–water partition coefficient (Wildman–Crippen LogP) is 5.01. The molecule has 0 aliphatic heterocycles. The van der Waals surface area contributed by atoms with Crippen molar-refractivity contribution in [2.24, 2.45) is 0 Å². The topological polar surface area (TPSA) is 70.2 Å². The van der Waals surface area contributed by atoms with E-state index in [1.54, 1.807) is 0 Å². The number of hydrogen-bond donors (Lipinski definition) is 2. The van der Waals surface area contributed by atoms with Gasteiger partial charge in [-0.25, -0.2) is 4.79 Å². The van der Waals surface area contributed by atoms with Gasteiger partial charge in [0.05, 0.1) is 25.1 Å². The summed E-state index contributed by atoms with van der Waals surface area (Å²) in [5, 5.41) is 8.91. The number of carbonyl (C=O) groups is 1. The minimum atomic E-state index is -1.39. The van der Waals surface area contributed by atoms with Crippen molar-refractivity contribution in [1.82, 2.24) is 4.98 Å². The van der Waals surface area contributed by atoms with E-state index in [1.165, 1.54) is 6.20 Å². The zero-order valence-corrected chi connectivity index (χ0v) is 13.6. The van der Waals surface area contributed by atoms with Gasteiger partial charge >= 0.3 is 5.97 Å². The van der Waals surface area contributed by atoms with Crippen LogP contribution in [0.25, 0.3) is 11.1 Å². The monoisotopic (exact) mass is 385 g/mol. The largest absolute Gasteiger partial charge is 0.477 e. The fraction of sp³-hybridized carbons (Fsp3) is 0. The molecule has 9 heteroatoms. The van der Waals surface area contributed by atoms with Gasteiger partial charge in [0.1, 0.15) is 5.56 Å². The second kappa shape index (κ2) is 6.07. The summed E-state index contributed by atoms with van der Waals surface area (Å²) in [6.45, 7) is 0. The number of rotatable bonds is 2. The molecule has 1 aromatic carbocycles. The maximum Gasteiger partial charge on any atom is 0.341 e. The Bertz CT molecular complexity index is 786. The number of nitrogens with one attached hydrogen (secondary N) is 1. The van der Waals surface area contributed by atoms with Crippen LogP contribution in [0.2, 0.25) is 25.1 Å². The molecule has 0 radical (unpaired) electrons. The van der Waals surface area contributed by atoms with Gasteiger partial charge in [0.15, 0.2) is 0 Å². The molecule has 0 bridgehead atoms. The molecule has 0 spiro atoms. The lowest BCUT2D eigenvalue weighted by Gasteiger charge is -2.12. The Labute approximate surface area is 143 Å². The van der Waals surface area contributed by atoms with Crippen LogP contribution in [0.3, 0.4) is 0 Å². The number of aromatic amines is 1. The SMILES string of the molecule is O=C(O)c1cc(-c2c(Cl)c(Cl)c(Cl)c(Cl)c2Cl)c[nH]c1=O. The Balaban J connectivity index is 2.83. The number of hydrogen-bond acceptors (Lipinski definition) is 2. The van der Waals surface area contributed by atoms with E-state index in [4.69, 9.17) is 63.1 Å². The molecule has 110 valence electrons. The van der Waals surface area contributed by atoms with Crippen molar-refractivity contribution >= 4 is 64.0 Å². The Morgan fingerprint density at radius 2 is 1.43 bits per heavy atom. The van der Waals surface area contributed by atoms with Crippen molar-refractivity contribution in [2.75, 3.05) is 0 Å². The number of aromatic carboxylic acids is 1. The van der Waals surface area contributed by atoms with Gasteiger partial charge in [0.2, 0.25) is 0 Å². The van der Waals surface area contributed by atoms with E-state index in [2.05, 4.69) is 4.98 Å². The fourth-order valence-electron chi connectivity index (χ4n) is 1.65. The minimum absolute atomic E-state index is 0.000505. The third-order valence-electron chi connectivity index (χ3n) is 2.63. The maximum atomic E-state index is 11.4. The average Bonchev–Trinajstić information content (AvgIpc) is 2.44. The summed E-state index contributed by atoms with van der Waals surface area (Å²) in [5.74, 6) is -1.39. The molecule has 4 nitrogen and oxygen atoms in total. The summed E-state index contributed by atoms with van der Waals surface area (Å²) < 4.78 is 0. The van der Waals surface area contributed by atoms with Gasteiger partial charge in [-0.2, -0.15) is 0 Å². The Hall–Kier alpha value is -0.910. The standard InChI is InChI=1S/C12H4Cl5NO3/c13-6-5(7(14)9(16)10(17)8(6)15)3-1-4(12(20)21)11(19)18-2-3/h1-2H,(H,18,19)(H,20,21). The van der Waals surface area contributed by atoms with E-state index in [-0.39, 0.29) is 36.2 Å². The molecule has 21 heavy (non-hydrogen) atoms. The highest BCUT2D eigenvalue weighted by atomic mass is 35.5. The van der Waals surface area contributed by atoms with Gasteiger partial charge in [0.25, 0.3) is 5.56 Å². The summed E-state index contributed by atoms with van der Waals surface area (Å²) in [6, 6.07) is 1.12. The average molecular weight is 387 g/mol. The molecule has 1 aromatic heterocycles. The van der Waals surface area contributed by atoms with Crippen molar-refractivity contribution in [3.05, 3.63) is 53.3 Å². The van der Waals surface area contributed by atoms with Gasteiger partial charge in [-0.05, 0) is 6.07 Å². The molecule has 2 aromatic rings. The third kappa shape index (κ3) is 2.87. The molecule has 0 atom stereocenters. The lowest BCUT2D eigenvalue weighted by atomic mass is 10.1. The van der Waals surface area contributed by atoms with E-state index < -0.39 is 17.1 Å². The van der Waals surface area contributed by atoms with Crippen LogP contribution in [0.15, 0.2) is 17.1 Å². The van der Waals surface area contributed by atoms with Crippen molar-refractivity contribution < 1.29 is 9.90 Å². The first-order valence-corrected chi connectivity index (χ1v) is 7.12. The van der Waals surface area contributed by atoms with Crippen molar-refractivity contribution in [2.45, 2.75) is 0 Å². The van der Waals surface area contributed by atoms with Crippen LogP contribution >= 0.6 is 58.0 Å². The molecular weight excluding hydrogens is 383 g/mol. The Kier molecular flexibility index (Phi) is 4.76. The normalized spacial score (nSPS) is 10.7. The van der Waals surface area contributed by atoms with Crippen LogP contribution in [-0.4, -0.2) is 16.1 Å². The van der Waals surface area contributed by atoms with Crippen LogP contribution in [0.1, 0.15) is 10.4 Å². The quantitative estimate of drug-likeness (QED) is 0.562. The number of pyridine rings is 1. The van der Waals surface area contributed by atoms with E-state index in [0.29, 0.717) is 0 Å². The molecule has 2 rings (SSSR count). The second-order valence-electron chi connectivity index (χ2n) is 3.88. The van der Waals surface area contributed by atoms with Gasteiger partial charge in [0, 0.05) is 17.3 Å². The summed E-state index contributed by atoms with van der Waals surface area (Å²) in [6.07, 6.45) is 1.25. The molecule has 1 heterocycles. The highest BCUT2D eigenvalue weighted by Gasteiger charge is 2.21. The van der Waals surface area contributed by atoms with Gasteiger partial charge in [-0.3, -0.25) is 4.79 Å². The number of halogens is 5. The molecule has 0 saturated heterocycles. The molecule has 2 N–H and O–H groups in total. The first kappa shape index (κ1) is 16.5. The van der Waals surface area contributed by atoms with Crippen molar-refractivity contribution in [3.8, 4) is 11.1 Å². The number of H-pyrrole nitrogens is 1. The Morgan fingerprint density at radius 1 is 0.952 bits per heavy atom. The molecule has 0 amide bonds. The summed E-state index contributed by atoms with van der Waals surface area (Å²) >= 11 is 29.9. The first-order chi connectivity index (χ1) is 9.75. The van der Waals surface area contributed by atoms with E-state index in [9.17, 15) is 9.59 Å². The van der Waals surface area contributed by atoms with Crippen molar-refractivity contribution in [3.63, 3.8) is 0 Å². The smallest absolute Gasteiger partial charge is 0.341 e. The number of aromatic nitrogens is 1. The van der Waals surface area contributed by atoms with Gasteiger partial charge < -0.3 is 10.1 Å². The number of benzene rings is 1. The second-order valence-corrected chi connectivity index (χ2v) is 5.77. The van der Waals surface area contributed by atoms with Crippen LogP contribution in [-0.2, 0) is 0 Å². The van der Waals surface area contributed by atoms with E-state index >= 15 is 0 Å². The van der Waals surface area contributed by atoms with Crippen molar-refractivity contribution in [1.29, 1.82) is 0 Å². The highest BCUT2D eigenvalue weighted by molar-refractivity contribution is 6.56. The number of carboxylic acids is 1. The third-order valence-corrected chi connectivity index (χ3v) is 4.91. The molecule has 0 aliphatic rings. The maximum absolute atomic E-state index is 11.4. The summed E-state index contributed by atoms with van der Waals surface area (Å²) in [5.41, 5.74) is -0.814. The molecule has 0 saturated carbocycles. The fourth-order valence-corrected chi connectivity index (χ4v) is 3.00. The first-order valence-electron chi connectivity index (χ1n) is 5.23. The lowest BCUT2D eigenvalue weighted by molar-refractivity contribution is 0.0695. The lowest BCUT2D eigenvalue weighted by Crippen LogP contribution is -2.16. The molecular formula is C12H4Cl5NO3. The number of carboxylic acid groups (broad SMARTS) is 1.